The van der Waals surface area contributed by atoms with Crippen LogP contribution in [0, 0.1) is 0 Å². The predicted octanol–water partition coefficient (Wildman–Crippen LogP) is -0.856. The average Bonchev–Trinajstić information content (AvgIpc) is 1.64. The van der Waals surface area contributed by atoms with E-state index >= 15 is 0 Å². The summed E-state index contributed by atoms with van der Waals surface area (Å²) in [6.45, 7) is 4.63. The lowest BCUT2D eigenvalue weighted by molar-refractivity contribution is -0.110. The third kappa shape index (κ3) is 1.91. The molecule has 4 heteroatoms. The largest absolute Gasteiger partial charge is 0.531 e. The first-order chi connectivity index (χ1) is 3.55. The Kier molecular flexibility index (Phi) is 2.44. The van der Waals surface area contributed by atoms with Crippen LogP contribution in [0.2, 0.25) is 0 Å². The Morgan fingerprint density at radius 1 is 1.62 bits per heavy atom. The van der Waals surface area contributed by atoms with Crippen LogP contribution in [0.4, 0.5) is 0 Å². The summed E-state index contributed by atoms with van der Waals surface area (Å²) in [5, 5.41) is 16.3. The molecule has 0 aromatic rings. The van der Waals surface area contributed by atoms with Crippen molar-refractivity contribution in [3.05, 3.63) is 12.2 Å². The van der Waals surface area contributed by atoms with Gasteiger partial charge in [-0.1, -0.05) is 6.58 Å². The van der Waals surface area contributed by atoms with Gasteiger partial charge >= 0.3 is 7.12 Å². The van der Waals surface area contributed by atoms with Crippen LogP contribution in [-0.4, -0.2) is 22.8 Å². The van der Waals surface area contributed by atoms with Crippen molar-refractivity contribution in [1.29, 1.82) is 0 Å². The van der Waals surface area contributed by atoms with Crippen molar-refractivity contribution in [3.8, 4) is 0 Å². The fourth-order valence-corrected chi connectivity index (χ4v) is 0.220. The molecule has 0 fully saturated rings. The van der Waals surface area contributed by atoms with Gasteiger partial charge in [-0.2, -0.15) is 0 Å². The molecule has 0 aromatic heterocycles. The van der Waals surface area contributed by atoms with Crippen molar-refractivity contribution in [1.82, 2.24) is 0 Å². The summed E-state index contributed by atoms with van der Waals surface area (Å²) in [7, 11) is -1.90. The third-order valence-corrected chi connectivity index (χ3v) is 0.655. The van der Waals surface area contributed by atoms with E-state index in [0.717, 1.165) is 0 Å². The Morgan fingerprint density at radius 2 is 2.00 bits per heavy atom. The molecule has 8 heavy (non-hydrogen) atoms. The molecule has 0 aliphatic rings. The summed E-state index contributed by atoms with van der Waals surface area (Å²) >= 11 is 0. The minimum absolute atomic E-state index is 0.153. The van der Waals surface area contributed by atoms with E-state index < -0.39 is 12.8 Å². The fourth-order valence-electron chi connectivity index (χ4n) is 0.220. The average molecular weight is 114 g/mol. The molecule has 0 radical (unpaired) electrons. The molecule has 3 nitrogen and oxygen atoms in total. The Bertz CT molecular complexity index is 118. The maximum Gasteiger partial charge on any atom is 0.531 e. The Balaban J connectivity index is 3.84. The van der Waals surface area contributed by atoms with Crippen molar-refractivity contribution >= 4 is 12.8 Å². The van der Waals surface area contributed by atoms with Crippen molar-refractivity contribution in [2.75, 3.05) is 0 Å². The molecule has 0 heterocycles. The topological polar surface area (TPSA) is 57.5 Å². The second kappa shape index (κ2) is 2.64. The van der Waals surface area contributed by atoms with Crippen LogP contribution in [0.5, 0.6) is 0 Å². The number of hydrogen-bond donors (Lipinski definition) is 2. The normalized spacial score (nSPS) is 8.38. The van der Waals surface area contributed by atoms with E-state index in [1.54, 1.807) is 0 Å². The molecular formula is C4H7BO3. The van der Waals surface area contributed by atoms with Crippen LogP contribution in [0.3, 0.4) is 0 Å². The first-order valence-corrected chi connectivity index (χ1v) is 2.11. The van der Waals surface area contributed by atoms with E-state index in [1.807, 2.05) is 0 Å². The van der Waals surface area contributed by atoms with Crippen LogP contribution >= 0.6 is 0 Å². The molecule has 0 rings (SSSR count). The first-order valence-electron chi connectivity index (χ1n) is 2.11. The summed E-state index contributed by atoms with van der Waals surface area (Å²) in [5.41, 5.74) is -0.579. The van der Waals surface area contributed by atoms with Crippen LogP contribution in [0.15, 0.2) is 12.2 Å². The van der Waals surface area contributed by atoms with Crippen LogP contribution < -0.4 is 0 Å². The molecule has 0 atom stereocenters. The summed E-state index contributed by atoms with van der Waals surface area (Å²) < 4.78 is 0. The number of carbonyl (C=O) groups excluding carboxylic acids is 1. The van der Waals surface area contributed by atoms with E-state index in [4.69, 9.17) is 10.0 Å². The molecule has 0 aromatic carbocycles. The van der Waals surface area contributed by atoms with Crippen LogP contribution in [0.25, 0.3) is 0 Å². The van der Waals surface area contributed by atoms with Crippen molar-refractivity contribution < 1.29 is 14.8 Å². The van der Waals surface area contributed by atoms with Gasteiger partial charge in [0.25, 0.3) is 0 Å². The minimum atomic E-state index is -1.90. The minimum Gasteiger partial charge on any atom is -0.421 e. The molecule has 0 amide bonds. The molecule has 0 bridgehead atoms. The van der Waals surface area contributed by atoms with E-state index in [1.165, 1.54) is 6.92 Å². The van der Waals surface area contributed by atoms with Crippen molar-refractivity contribution in [3.63, 3.8) is 0 Å². The number of hydrogen-bond acceptors (Lipinski definition) is 3. The SMILES string of the molecule is C=C(C)C(=O)B(O)O. The molecule has 2 N–H and O–H groups in total. The van der Waals surface area contributed by atoms with E-state index in [2.05, 4.69) is 6.58 Å². The lowest BCUT2D eigenvalue weighted by Gasteiger charge is -1.92. The van der Waals surface area contributed by atoms with Gasteiger partial charge in [-0.25, -0.2) is 0 Å². The summed E-state index contributed by atoms with van der Waals surface area (Å²) in [6, 6.07) is 0. The number of carbonyl (C=O) groups is 1. The number of rotatable bonds is 2. The summed E-state index contributed by atoms with van der Waals surface area (Å²) in [4.78, 5) is 10.2. The zero-order chi connectivity index (χ0) is 6.73. The molecule has 44 valence electrons. The quantitative estimate of drug-likeness (QED) is 0.362. The second-order valence-corrected chi connectivity index (χ2v) is 1.52. The zero-order valence-corrected chi connectivity index (χ0v) is 4.59. The molecule has 0 unspecified atom stereocenters. The summed E-state index contributed by atoms with van der Waals surface area (Å²) in [5.74, 6) is 0. The highest BCUT2D eigenvalue weighted by molar-refractivity contribution is 6.81. The monoisotopic (exact) mass is 114 g/mol. The van der Waals surface area contributed by atoms with Crippen molar-refractivity contribution in [2.45, 2.75) is 6.92 Å². The second-order valence-electron chi connectivity index (χ2n) is 1.52. The Labute approximate surface area is 47.8 Å². The highest BCUT2D eigenvalue weighted by atomic mass is 16.4. The predicted molar refractivity (Wildman–Crippen MR) is 30.0 cm³/mol. The molecule has 0 saturated carbocycles. The third-order valence-electron chi connectivity index (χ3n) is 0.655. The van der Waals surface area contributed by atoms with Gasteiger partial charge in [0, 0.05) is 0 Å². The van der Waals surface area contributed by atoms with E-state index in [0.29, 0.717) is 0 Å². The molecular weight excluding hydrogens is 107 g/mol. The van der Waals surface area contributed by atoms with Gasteiger partial charge in [-0.05, 0) is 12.5 Å². The Hall–Kier alpha value is -0.605. The van der Waals surface area contributed by atoms with E-state index in [-0.39, 0.29) is 5.57 Å². The van der Waals surface area contributed by atoms with Crippen molar-refractivity contribution in [2.24, 2.45) is 0 Å². The summed E-state index contributed by atoms with van der Waals surface area (Å²) in [6.07, 6.45) is 0. The van der Waals surface area contributed by atoms with Gasteiger partial charge in [0.15, 0.2) is 5.68 Å². The lowest BCUT2D eigenvalue weighted by atomic mass is 9.81. The van der Waals surface area contributed by atoms with Crippen LogP contribution in [-0.2, 0) is 4.79 Å². The fraction of sp³-hybridized carbons (Fsp3) is 0.250. The van der Waals surface area contributed by atoms with Crippen LogP contribution in [0.1, 0.15) is 6.92 Å². The molecule has 0 aliphatic heterocycles. The molecule has 0 aliphatic carbocycles. The van der Waals surface area contributed by atoms with Gasteiger partial charge in [0.1, 0.15) is 0 Å². The highest BCUT2D eigenvalue weighted by Crippen LogP contribution is 1.88. The Morgan fingerprint density at radius 3 is 2.00 bits per heavy atom. The van der Waals surface area contributed by atoms with Gasteiger partial charge in [0.2, 0.25) is 0 Å². The van der Waals surface area contributed by atoms with Gasteiger partial charge in [-0.15, -0.1) is 0 Å². The van der Waals surface area contributed by atoms with Gasteiger partial charge in [0.05, 0.1) is 0 Å². The highest BCUT2D eigenvalue weighted by Gasteiger charge is 2.18. The lowest BCUT2D eigenvalue weighted by Crippen LogP contribution is -2.25. The molecule has 0 spiro atoms. The van der Waals surface area contributed by atoms with E-state index in [9.17, 15) is 4.79 Å². The molecule has 0 saturated heterocycles. The maximum atomic E-state index is 10.2. The first kappa shape index (κ1) is 7.39. The number of allylic oxidation sites excluding steroid dienone is 1. The maximum absolute atomic E-state index is 10.2. The smallest absolute Gasteiger partial charge is 0.421 e. The standard InChI is InChI=1S/C4H7BO3/c1-3(2)4(6)5(7)8/h7-8H,1H2,2H3. The zero-order valence-electron chi connectivity index (χ0n) is 4.59. The van der Waals surface area contributed by atoms with Gasteiger partial charge < -0.3 is 10.0 Å². The van der Waals surface area contributed by atoms with Gasteiger partial charge in [-0.3, -0.25) is 4.79 Å².